The standard InChI is InChI=1S/C15H12BrN5S/c16-12-8(13(17)18)4-3-5-9(12)14(19)21-15-20-10-6-1-2-7-11(10)22-15/h1-7H,(H3,17,18)(H2,19,20,21). The summed E-state index contributed by atoms with van der Waals surface area (Å²) in [7, 11) is 0. The maximum Gasteiger partial charge on any atom is 0.212 e. The zero-order chi connectivity index (χ0) is 15.7. The second-order valence-corrected chi connectivity index (χ2v) is 6.34. The lowest BCUT2D eigenvalue weighted by atomic mass is 10.1. The minimum atomic E-state index is -0.0264. The van der Waals surface area contributed by atoms with Gasteiger partial charge in [0.25, 0.3) is 0 Å². The number of rotatable bonds is 3. The SMILES string of the molecule is N=C(N)c1cccc(/C(N)=N/c2nc3ccccc3s2)c1Br. The van der Waals surface area contributed by atoms with Gasteiger partial charge >= 0.3 is 0 Å². The van der Waals surface area contributed by atoms with Gasteiger partial charge in [-0.2, -0.15) is 0 Å². The maximum absolute atomic E-state index is 7.56. The van der Waals surface area contributed by atoms with E-state index < -0.39 is 0 Å². The number of benzene rings is 2. The number of nitrogens with two attached hydrogens (primary N) is 2. The highest BCUT2D eigenvalue weighted by molar-refractivity contribution is 9.10. The number of para-hydroxylation sites is 1. The lowest BCUT2D eigenvalue weighted by Gasteiger charge is -2.07. The second-order valence-electron chi connectivity index (χ2n) is 4.54. The molecule has 0 spiro atoms. The fourth-order valence-electron chi connectivity index (χ4n) is 2.01. The highest BCUT2D eigenvalue weighted by Gasteiger charge is 2.11. The third kappa shape index (κ3) is 2.72. The summed E-state index contributed by atoms with van der Waals surface area (Å²) in [6.07, 6.45) is 0. The number of thiazole rings is 1. The third-order valence-electron chi connectivity index (χ3n) is 3.06. The minimum absolute atomic E-state index is 0.0264. The van der Waals surface area contributed by atoms with Crippen LogP contribution in [0, 0.1) is 5.41 Å². The zero-order valence-corrected chi connectivity index (χ0v) is 13.8. The molecule has 2 aromatic carbocycles. The number of hydrogen-bond donors (Lipinski definition) is 3. The van der Waals surface area contributed by atoms with E-state index in [4.69, 9.17) is 16.9 Å². The maximum atomic E-state index is 7.56. The Labute approximate surface area is 139 Å². The summed E-state index contributed by atoms with van der Waals surface area (Å²) < 4.78 is 1.72. The van der Waals surface area contributed by atoms with Gasteiger partial charge in [-0.25, -0.2) is 9.98 Å². The number of aromatic nitrogens is 1. The molecule has 0 aliphatic carbocycles. The van der Waals surface area contributed by atoms with E-state index >= 15 is 0 Å². The summed E-state index contributed by atoms with van der Waals surface area (Å²) in [6, 6.07) is 13.2. The van der Waals surface area contributed by atoms with E-state index in [9.17, 15) is 0 Å². The molecule has 0 saturated heterocycles. The van der Waals surface area contributed by atoms with Crippen LogP contribution in [0.3, 0.4) is 0 Å². The van der Waals surface area contributed by atoms with Crippen molar-refractivity contribution < 1.29 is 0 Å². The van der Waals surface area contributed by atoms with Crippen molar-refractivity contribution in [3.63, 3.8) is 0 Å². The third-order valence-corrected chi connectivity index (χ3v) is 4.85. The molecule has 0 fully saturated rings. The molecule has 7 heteroatoms. The highest BCUT2D eigenvalue weighted by atomic mass is 79.9. The Morgan fingerprint density at radius 1 is 1.09 bits per heavy atom. The number of nitrogens with one attached hydrogen (secondary N) is 1. The van der Waals surface area contributed by atoms with Gasteiger partial charge in [-0.1, -0.05) is 41.7 Å². The van der Waals surface area contributed by atoms with Gasteiger partial charge in [0.05, 0.1) is 10.2 Å². The van der Waals surface area contributed by atoms with Gasteiger partial charge in [-0.05, 0) is 28.1 Å². The van der Waals surface area contributed by atoms with Crippen LogP contribution >= 0.6 is 27.3 Å². The Kier molecular flexibility index (Phi) is 3.91. The predicted molar refractivity (Wildman–Crippen MR) is 95.2 cm³/mol. The molecular formula is C15H12BrN5S. The van der Waals surface area contributed by atoms with E-state index in [1.807, 2.05) is 30.3 Å². The number of nitrogen functional groups attached to an aromatic ring is 1. The monoisotopic (exact) mass is 373 g/mol. The largest absolute Gasteiger partial charge is 0.384 e. The number of fused-ring (bicyclic) bond motifs is 1. The lowest BCUT2D eigenvalue weighted by molar-refractivity contribution is 1.36. The number of amidine groups is 2. The van der Waals surface area contributed by atoms with Crippen molar-refractivity contribution >= 4 is 54.3 Å². The molecule has 1 aromatic heterocycles. The molecule has 22 heavy (non-hydrogen) atoms. The van der Waals surface area contributed by atoms with E-state index in [1.54, 1.807) is 12.1 Å². The van der Waals surface area contributed by atoms with Crippen molar-refractivity contribution in [3.05, 3.63) is 58.1 Å². The van der Waals surface area contributed by atoms with Crippen molar-refractivity contribution in [1.82, 2.24) is 4.98 Å². The van der Waals surface area contributed by atoms with Gasteiger partial charge in [-0.3, -0.25) is 5.41 Å². The van der Waals surface area contributed by atoms with Gasteiger partial charge in [-0.15, -0.1) is 0 Å². The molecule has 0 aliphatic heterocycles. The minimum Gasteiger partial charge on any atom is -0.384 e. The summed E-state index contributed by atoms with van der Waals surface area (Å²) in [6.45, 7) is 0. The van der Waals surface area contributed by atoms with Crippen LogP contribution in [-0.2, 0) is 0 Å². The van der Waals surface area contributed by atoms with E-state index in [-0.39, 0.29) is 5.84 Å². The van der Waals surface area contributed by atoms with Crippen LogP contribution in [0.2, 0.25) is 0 Å². The normalized spacial score (nSPS) is 11.8. The molecule has 0 amide bonds. The molecule has 0 saturated carbocycles. The molecule has 0 bridgehead atoms. The van der Waals surface area contributed by atoms with E-state index in [0.717, 1.165) is 10.2 Å². The fraction of sp³-hybridized carbons (Fsp3) is 0. The molecule has 0 unspecified atom stereocenters. The molecule has 0 aliphatic rings. The summed E-state index contributed by atoms with van der Waals surface area (Å²) in [4.78, 5) is 8.82. The van der Waals surface area contributed by atoms with Crippen LogP contribution in [0.1, 0.15) is 11.1 Å². The molecule has 110 valence electrons. The highest BCUT2D eigenvalue weighted by Crippen LogP contribution is 2.29. The number of hydrogen-bond acceptors (Lipinski definition) is 4. The topological polar surface area (TPSA) is 101 Å². The Morgan fingerprint density at radius 2 is 1.82 bits per heavy atom. The van der Waals surface area contributed by atoms with Gasteiger partial charge < -0.3 is 11.5 Å². The average molecular weight is 374 g/mol. The zero-order valence-electron chi connectivity index (χ0n) is 11.4. The van der Waals surface area contributed by atoms with Crippen molar-refractivity contribution in [1.29, 1.82) is 5.41 Å². The first-order valence-corrected chi connectivity index (χ1v) is 8.00. The van der Waals surface area contributed by atoms with Crippen molar-refractivity contribution in [2.24, 2.45) is 16.5 Å². The van der Waals surface area contributed by atoms with Crippen molar-refractivity contribution in [2.75, 3.05) is 0 Å². The fourth-order valence-corrected chi connectivity index (χ4v) is 3.54. The summed E-state index contributed by atoms with van der Waals surface area (Å²) >= 11 is 4.91. The quantitative estimate of drug-likeness (QED) is 0.484. The molecule has 5 N–H and O–H groups in total. The molecule has 0 atom stereocenters. The first kappa shape index (κ1) is 14.7. The molecule has 3 aromatic rings. The van der Waals surface area contributed by atoms with Crippen molar-refractivity contribution in [2.45, 2.75) is 0 Å². The van der Waals surface area contributed by atoms with E-state index in [1.165, 1.54) is 11.3 Å². The first-order valence-electron chi connectivity index (χ1n) is 6.39. The first-order chi connectivity index (χ1) is 10.6. The summed E-state index contributed by atoms with van der Waals surface area (Å²) in [5.74, 6) is 0.301. The van der Waals surface area contributed by atoms with Crippen LogP contribution in [0.5, 0.6) is 0 Å². The second kappa shape index (κ2) is 5.86. The Hall–Kier alpha value is -2.25. The van der Waals surface area contributed by atoms with Crippen LogP contribution in [0.25, 0.3) is 10.2 Å². The lowest BCUT2D eigenvalue weighted by Crippen LogP contribution is -2.17. The Morgan fingerprint density at radius 3 is 2.55 bits per heavy atom. The Balaban J connectivity index is 2.04. The van der Waals surface area contributed by atoms with Gasteiger partial charge in [0.2, 0.25) is 5.13 Å². The summed E-state index contributed by atoms with van der Waals surface area (Å²) in [5.41, 5.74) is 13.8. The summed E-state index contributed by atoms with van der Waals surface area (Å²) in [5, 5.41) is 8.16. The number of nitrogens with zero attached hydrogens (tertiary/aromatic N) is 2. The molecule has 1 heterocycles. The van der Waals surface area contributed by atoms with Crippen molar-refractivity contribution in [3.8, 4) is 0 Å². The van der Waals surface area contributed by atoms with Crippen LogP contribution in [-0.4, -0.2) is 16.7 Å². The Bertz CT molecular complexity index is 867. The van der Waals surface area contributed by atoms with E-state index in [0.29, 0.717) is 26.6 Å². The van der Waals surface area contributed by atoms with E-state index in [2.05, 4.69) is 25.9 Å². The molecular weight excluding hydrogens is 362 g/mol. The van der Waals surface area contributed by atoms with Crippen LogP contribution in [0.15, 0.2) is 51.9 Å². The predicted octanol–water partition coefficient (Wildman–Crippen LogP) is 3.38. The van der Waals surface area contributed by atoms with Gasteiger partial charge in [0.1, 0.15) is 11.7 Å². The molecule has 0 radical (unpaired) electrons. The number of halogens is 1. The smallest absolute Gasteiger partial charge is 0.212 e. The van der Waals surface area contributed by atoms with Gasteiger partial charge in [0, 0.05) is 15.6 Å². The van der Waals surface area contributed by atoms with Gasteiger partial charge in [0.15, 0.2) is 0 Å². The number of aliphatic imine (C=N–C) groups is 1. The van der Waals surface area contributed by atoms with Crippen LogP contribution < -0.4 is 11.5 Å². The van der Waals surface area contributed by atoms with Crippen LogP contribution in [0.4, 0.5) is 5.13 Å². The molecule has 5 nitrogen and oxygen atoms in total. The average Bonchev–Trinajstić information content (AvgIpc) is 2.89. The molecule has 3 rings (SSSR count).